The highest BCUT2D eigenvalue weighted by Gasteiger charge is 2.22. The van der Waals surface area contributed by atoms with Gasteiger partial charge in [-0.1, -0.05) is 0 Å². The number of urea groups is 1. The SMILES string of the molecule is CNC(=O)NC(=O)CN1CCC(NC)C1. The van der Waals surface area contributed by atoms with E-state index in [1.807, 2.05) is 11.9 Å². The van der Waals surface area contributed by atoms with Crippen molar-refractivity contribution in [2.75, 3.05) is 33.7 Å². The Balaban J connectivity index is 2.24. The lowest BCUT2D eigenvalue weighted by molar-refractivity contribution is -0.120. The van der Waals surface area contributed by atoms with Crippen molar-refractivity contribution in [2.24, 2.45) is 0 Å². The largest absolute Gasteiger partial charge is 0.341 e. The van der Waals surface area contributed by atoms with Gasteiger partial charge < -0.3 is 10.6 Å². The van der Waals surface area contributed by atoms with E-state index in [1.54, 1.807) is 0 Å². The molecule has 1 aliphatic heterocycles. The van der Waals surface area contributed by atoms with Crippen molar-refractivity contribution >= 4 is 11.9 Å². The number of carbonyl (C=O) groups is 2. The average Bonchev–Trinajstić information content (AvgIpc) is 2.65. The Morgan fingerprint density at radius 2 is 2.13 bits per heavy atom. The zero-order chi connectivity index (χ0) is 11.3. The first kappa shape index (κ1) is 11.9. The van der Waals surface area contributed by atoms with Crippen LogP contribution in [0.15, 0.2) is 0 Å². The molecule has 1 rings (SSSR count). The van der Waals surface area contributed by atoms with Crippen LogP contribution in [0.3, 0.4) is 0 Å². The second kappa shape index (κ2) is 5.67. The molecule has 0 bridgehead atoms. The smallest absolute Gasteiger partial charge is 0.321 e. The minimum absolute atomic E-state index is 0.258. The van der Waals surface area contributed by atoms with Gasteiger partial charge in [0.15, 0.2) is 0 Å². The Hall–Kier alpha value is -1.14. The molecule has 1 heterocycles. The molecule has 0 aliphatic carbocycles. The van der Waals surface area contributed by atoms with Gasteiger partial charge in [0.25, 0.3) is 0 Å². The number of hydrogen-bond acceptors (Lipinski definition) is 4. The fourth-order valence-electron chi connectivity index (χ4n) is 1.64. The fourth-order valence-corrected chi connectivity index (χ4v) is 1.64. The number of hydrogen-bond donors (Lipinski definition) is 3. The normalized spacial score (nSPS) is 21.3. The van der Waals surface area contributed by atoms with Crippen molar-refractivity contribution in [3.63, 3.8) is 0 Å². The quantitative estimate of drug-likeness (QED) is 0.548. The van der Waals surface area contributed by atoms with E-state index in [2.05, 4.69) is 16.0 Å². The van der Waals surface area contributed by atoms with Crippen molar-refractivity contribution < 1.29 is 9.59 Å². The van der Waals surface area contributed by atoms with Crippen molar-refractivity contribution in [1.82, 2.24) is 20.9 Å². The van der Waals surface area contributed by atoms with E-state index in [0.29, 0.717) is 6.04 Å². The maximum atomic E-state index is 11.3. The van der Waals surface area contributed by atoms with E-state index in [4.69, 9.17) is 0 Å². The van der Waals surface area contributed by atoms with Crippen LogP contribution in [0.25, 0.3) is 0 Å². The van der Waals surface area contributed by atoms with Crippen LogP contribution in [-0.4, -0.2) is 56.6 Å². The Bertz CT molecular complexity index is 244. The molecule has 0 aromatic carbocycles. The fraction of sp³-hybridized carbons (Fsp3) is 0.778. The summed E-state index contributed by atoms with van der Waals surface area (Å²) in [5.41, 5.74) is 0. The van der Waals surface area contributed by atoms with Gasteiger partial charge in [-0.05, 0) is 13.5 Å². The van der Waals surface area contributed by atoms with E-state index < -0.39 is 6.03 Å². The number of rotatable bonds is 3. The Morgan fingerprint density at radius 1 is 1.40 bits per heavy atom. The summed E-state index contributed by atoms with van der Waals surface area (Å²) in [5.74, 6) is -0.258. The molecule has 15 heavy (non-hydrogen) atoms. The van der Waals surface area contributed by atoms with Gasteiger partial charge in [-0.2, -0.15) is 0 Å². The van der Waals surface area contributed by atoms with Crippen molar-refractivity contribution in [1.29, 1.82) is 0 Å². The van der Waals surface area contributed by atoms with Crippen LogP contribution in [-0.2, 0) is 4.79 Å². The van der Waals surface area contributed by atoms with Crippen LogP contribution in [0.5, 0.6) is 0 Å². The number of imide groups is 1. The summed E-state index contributed by atoms with van der Waals surface area (Å²) in [7, 11) is 3.40. The molecule has 1 atom stereocenters. The lowest BCUT2D eigenvalue weighted by Gasteiger charge is -2.14. The second-order valence-corrected chi connectivity index (χ2v) is 3.64. The van der Waals surface area contributed by atoms with Crippen LogP contribution < -0.4 is 16.0 Å². The van der Waals surface area contributed by atoms with Gasteiger partial charge in [-0.3, -0.25) is 15.0 Å². The lowest BCUT2D eigenvalue weighted by Crippen LogP contribution is -2.43. The Morgan fingerprint density at radius 3 is 2.67 bits per heavy atom. The summed E-state index contributed by atoms with van der Waals surface area (Å²) < 4.78 is 0. The van der Waals surface area contributed by atoms with E-state index in [1.165, 1.54) is 7.05 Å². The number of likely N-dealkylation sites (N-methyl/N-ethyl adjacent to an activating group) is 1. The first-order chi connectivity index (χ1) is 7.15. The molecule has 1 saturated heterocycles. The zero-order valence-corrected chi connectivity index (χ0v) is 9.17. The molecule has 3 N–H and O–H groups in total. The third kappa shape index (κ3) is 3.85. The lowest BCUT2D eigenvalue weighted by atomic mass is 10.3. The number of likely N-dealkylation sites (tertiary alicyclic amines) is 1. The molecule has 0 aromatic rings. The molecule has 0 saturated carbocycles. The van der Waals surface area contributed by atoms with Gasteiger partial charge in [-0.25, -0.2) is 4.79 Å². The first-order valence-electron chi connectivity index (χ1n) is 5.07. The van der Waals surface area contributed by atoms with Crippen LogP contribution >= 0.6 is 0 Å². The van der Waals surface area contributed by atoms with E-state index in [0.717, 1.165) is 19.5 Å². The molecule has 6 nitrogen and oxygen atoms in total. The third-order valence-corrected chi connectivity index (χ3v) is 2.53. The molecule has 0 spiro atoms. The summed E-state index contributed by atoms with van der Waals surface area (Å²) in [6.07, 6.45) is 1.05. The van der Waals surface area contributed by atoms with Crippen molar-refractivity contribution in [2.45, 2.75) is 12.5 Å². The predicted octanol–water partition coefficient (Wildman–Crippen LogP) is -1.26. The van der Waals surface area contributed by atoms with Crippen LogP contribution in [0.4, 0.5) is 4.79 Å². The topological polar surface area (TPSA) is 73.5 Å². The van der Waals surface area contributed by atoms with Gasteiger partial charge in [-0.15, -0.1) is 0 Å². The molecule has 3 amide bonds. The zero-order valence-electron chi connectivity index (χ0n) is 9.17. The average molecular weight is 214 g/mol. The van der Waals surface area contributed by atoms with Crippen LogP contribution in [0.2, 0.25) is 0 Å². The maximum absolute atomic E-state index is 11.3. The summed E-state index contributed by atoms with van der Waals surface area (Å²) in [6, 6.07) is 0.00200. The van der Waals surface area contributed by atoms with E-state index >= 15 is 0 Å². The molecule has 86 valence electrons. The Labute approximate surface area is 89.4 Å². The van der Waals surface area contributed by atoms with Crippen LogP contribution in [0, 0.1) is 0 Å². The summed E-state index contributed by atoms with van der Waals surface area (Å²) in [4.78, 5) is 24.2. The van der Waals surface area contributed by atoms with Crippen LogP contribution in [0.1, 0.15) is 6.42 Å². The Kier molecular flexibility index (Phi) is 4.51. The predicted molar refractivity (Wildman–Crippen MR) is 56.5 cm³/mol. The third-order valence-electron chi connectivity index (χ3n) is 2.53. The number of nitrogens with zero attached hydrogens (tertiary/aromatic N) is 1. The highest BCUT2D eigenvalue weighted by atomic mass is 16.2. The van der Waals surface area contributed by atoms with Gasteiger partial charge >= 0.3 is 6.03 Å². The van der Waals surface area contributed by atoms with Crippen molar-refractivity contribution in [3.8, 4) is 0 Å². The van der Waals surface area contributed by atoms with Gasteiger partial charge in [0, 0.05) is 26.2 Å². The summed E-state index contributed by atoms with van der Waals surface area (Å²) >= 11 is 0. The monoisotopic (exact) mass is 214 g/mol. The second-order valence-electron chi connectivity index (χ2n) is 3.64. The molecule has 0 radical (unpaired) electrons. The summed E-state index contributed by atoms with van der Waals surface area (Å²) in [5, 5.41) is 7.74. The van der Waals surface area contributed by atoms with Gasteiger partial charge in [0.1, 0.15) is 0 Å². The molecule has 1 fully saturated rings. The molecule has 1 unspecified atom stereocenters. The molecular weight excluding hydrogens is 196 g/mol. The minimum atomic E-state index is -0.454. The van der Waals surface area contributed by atoms with Gasteiger partial charge in [0.2, 0.25) is 5.91 Å². The number of carbonyl (C=O) groups excluding carboxylic acids is 2. The molecular formula is C9H18N4O2. The van der Waals surface area contributed by atoms with E-state index in [9.17, 15) is 9.59 Å². The molecule has 1 aliphatic rings. The van der Waals surface area contributed by atoms with E-state index in [-0.39, 0.29) is 12.5 Å². The number of amides is 3. The first-order valence-corrected chi connectivity index (χ1v) is 5.07. The van der Waals surface area contributed by atoms with Gasteiger partial charge in [0.05, 0.1) is 6.54 Å². The summed E-state index contributed by atoms with van der Waals surface area (Å²) in [6.45, 7) is 2.04. The molecule has 0 aromatic heterocycles. The number of nitrogens with one attached hydrogen (secondary N) is 3. The maximum Gasteiger partial charge on any atom is 0.321 e. The standard InChI is InChI=1S/C9H18N4O2/c1-10-7-3-4-13(5-7)6-8(14)12-9(15)11-2/h7,10H,3-6H2,1-2H3,(H2,11,12,14,15). The van der Waals surface area contributed by atoms with Crippen molar-refractivity contribution in [3.05, 3.63) is 0 Å². The molecule has 6 heteroatoms. The highest BCUT2D eigenvalue weighted by Crippen LogP contribution is 2.07. The minimum Gasteiger partial charge on any atom is -0.341 e. The highest BCUT2D eigenvalue weighted by molar-refractivity contribution is 5.95.